The molecule has 6 heteroatoms. The lowest BCUT2D eigenvalue weighted by Crippen LogP contribution is -2.10. The molecule has 22 heavy (non-hydrogen) atoms. The first-order chi connectivity index (χ1) is 10.8. The van der Waals surface area contributed by atoms with Gasteiger partial charge in [0.2, 0.25) is 0 Å². The van der Waals surface area contributed by atoms with E-state index in [-0.39, 0.29) is 6.61 Å². The Morgan fingerprint density at radius 2 is 2.27 bits per heavy atom. The molecule has 0 radical (unpaired) electrons. The first-order valence-electron chi connectivity index (χ1n) is 7.14. The predicted octanol–water partition coefficient (Wildman–Crippen LogP) is 2.45. The molecule has 0 fully saturated rings. The van der Waals surface area contributed by atoms with Crippen LogP contribution in [0.1, 0.15) is 11.3 Å². The Bertz CT molecular complexity index is 734. The Morgan fingerprint density at radius 3 is 2.95 bits per heavy atom. The van der Waals surface area contributed by atoms with E-state index in [2.05, 4.69) is 15.4 Å². The van der Waals surface area contributed by atoms with Crippen LogP contribution < -0.4 is 5.32 Å². The molecule has 0 unspecified atom stereocenters. The van der Waals surface area contributed by atoms with E-state index < -0.39 is 0 Å². The summed E-state index contributed by atoms with van der Waals surface area (Å²) in [5.41, 5.74) is 2.87. The zero-order valence-corrected chi connectivity index (χ0v) is 12.4. The van der Waals surface area contributed by atoms with Crippen LogP contribution in [0.3, 0.4) is 0 Å². The van der Waals surface area contributed by atoms with Gasteiger partial charge in [0.15, 0.2) is 0 Å². The van der Waals surface area contributed by atoms with E-state index in [0.717, 1.165) is 28.4 Å². The normalized spacial score (nSPS) is 10.8. The monoisotopic (exact) mass is 298 g/mol. The van der Waals surface area contributed by atoms with Crippen molar-refractivity contribution in [3.8, 4) is 11.3 Å². The lowest BCUT2D eigenvalue weighted by molar-refractivity contribution is 0.270. The molecule has 3 heterocycles. The van der Waals surface area contributed by atoms with Crippen molar-refractivity contribution in [2.45, 2.75) is 20.0 Å². The molecular formula is C16H18N4O2. The quantitative estimate of drug-likeness (QED) is 0.731. The van der Waals surface area contributed by atoms with Crippen LogP contribution in [0.15, 0.2) is 47.3 Å². The molecule has 0 bridgehead atoms. The minimum absolute atomic E-state index is 0.0348. The zero-order valence-electron chi connectivity index (χ0n) is 12.4. The zero-order chi connectivity index (χ0) is 15.4. The van der Waals surface area contributed by atoms with Crippen molar-refractivity contribution >= 4 is 5.82 Å². The Labute approximate surface area is 128 Å². The van der Waals surface area contributed by atoms with Crippen molar-refractivity contribution in [1.29, 1.82) is 0 Å². The molecule has 2 N–H and O–H groups in total. The highest BCUT2D eigenvalue weighted by atomic mass is 16.3. The predicted molar refractivity (Wildman–Crippen MR) is 83.3 cm³/mol. The van der Waals surface area contributed by atoms with Crippen molar-refractivity contribution in [2.75, 3.05) is 11.9 Å². The molecule has 0 spiro atoms. The van der Waals surface area contributed by atoms with Crippen LogP contribution in [-0.2, 0) is 13.1 Å². The van der Waals surface area contributed by atoms with E-state index >= 15 is 0 Å². The number of aryl methyl sites for hydroxylation is 1. The summed E-state index contributed by atoms with van der Waals surface area (Å²) in [7, 11) is 0. The van der Waals surface area contributed by atoms with E-state index in [1.807, 2.05) is 37.4 Å². The van der Waals surface area contributed by atoms with E-state index in [9.17, 15) is 5.11 Å². The molecule has 3 rings (SSSR count). The third-order valence-electron chi connectivity index (χ3n) is 3.42. The Kier molecular flexibility index (Phi) is 4.20. The SMILES string of the molecule is Cc1occc1-c1cc(NCc2cccnc2)n(CCO)n1. The van der Waals surface area contributed by atoms with Gasteiger partial charge in [-0.05, 0) is 24.6 Å². The van der Waals surface area contributed by atoms with Gasteiger partial charge in [-0.2, -0.15) is 5.10 Å². The van der Waals surface area contributed by atoms with E-state index in [1.54, 1.807) is 17.1 Å². The number of rotatable bonds is 6. The highest BCUT2D eigenvalue weighted by Crippen LogP contribution is 2.26. The van der Waals surface area contributed by atoms with Gasteiger partial charge >= 0.3 is 0 Å². The second-order valence-electron chi connectivity index (χ2n) is 4.97. The summed E-state index contributed by atoms with van der Waals surface area (Å²) in [5, 5.41) is 17.1. The molecule has 3 aromatic rings. The van der Waals surface area contributed by atoms with Crippen LogP contribution in [-0.4, -0.2) is 26.5 Å². The molecule has 0 aromatic carbocycles. The summed E-state index contributed by atoms with van der Waals surface area (Å²) in [4.78, 5) is 4.10. The number of hydrogen-bond acceptors (Lipinski definition) is 5. The number of aromatic nitrogens is 3. The van der Waals surface area contributed by atoms with Crippen LogP contribution in [0, 0.1) is 6.92 Å². The molecular weight excluding hydrogens is 280 g/mol. The van der Waals surface area contributed by atoms with Crippen LogP contribution >= 0.6 is 0 Å². The summed E-state index contributed by atoms with van der Waals surface area (Å²) >= 11 is 0. The number of aliphatic hydroxyl groups excluding tert-OH is 1. The highest BCUT2D eigenvalue weighted by Gasteiger charge is 2.12. The van der Waals surface area contributed by atoms with Crippen LogP contribution in [0.5, 0.6) is 0 Å². The van der Waals surface area contributed by atoms with Gasteiger partial charge in [0.05, 0.1) is 25.1 Å². The fourth-order valence-corrected chi connectivity index (χ4v) is 2.30. The lowest BCUT2D eigenvalue weighted by atomic mass is 10.2. The molecule has 3 aromatic heterocycles. The molecule has 0 amide bonds. The standard InChI is InChI=1S/C16H18N4O2/c1-12-14(4-8-22-12)15-9-16(20(19-15)6-7-21)18-11-13-3-2-5-17-10-13/h2-5,8-10,18,21H,6-7,11H2,1H3. The fourth-order valence-electron chi connectivity index (χ4n) is 2.30. The van der Waals surface area contributed by atoms with Crippen LogP contribution in [0.2, 0.25) is 0 Å². The average molecular weight is 298 g/mol. The van der Waals surface area contributed by atoms with Crippen molar-refractivity contribution in [3.63, 3.8) is 0 Å². The van der Waals surface area contributed by atoms with Crippen molar-refractivity contribution < 1.29 is 9.52 Å². The number of pyridine rings is 1. The molecule has 0 aliphatic rings. The third kappa shape index (κ3) is 3.01. The summed E-state index contributed by atoms with van der Waals surface area (Å²) in [6.07, 6.45) is 5.22. The first kappa shape index (κ1) is 14.3. The van der Waals surface area contributed by atoms with Crippen LogP contribution in [0.4, 0.5) is 5.82 Å². The van der Waals surface area contributed by atoms with E-state index in [4.69, 9.17) is 4.42 Å². The van der Waals surface area contributed by atoms with Gasteiger partial charge in [-0.1, -0.05) is 6.07 Å². The summed E-state index contributed by atoms with van der Waals surface area (Å²) in [5.74, 6) is 1.68. The largest absolute Gasteiger partial charge is 0.469 e. The van der Waals surface area contributed by atoms with Crippen LogP contribution in [0.25, 0.3) is 11.3 Å². The van der Waals surface area contributed by atoms with Crippen molar-refractivity contribution in [2.24, 2.45) is 0 Å². The maximum atomic E-state index is 9.21. The van der Waals surface area contributed by atoms with E-state index in [0.29, 0.717) is 13.1 Å². The number of hydrogen-bond donors (Lipinski definition) is 2. The number of furan rings is 1. The van der Waals surface area contributed by atoms with Crippen molar-refractivity contribution in [3.05, 3.63) is 54.2 Å². The fraction of sp³-hybridized carbons (Fsp3) is 0.250. The molecule has 0 aliphatic carbocycles. The number of aliphatic hydroxyl groups is 1. The summed E-state index contributed by atoms with van der Waals surface area (Å²) < 4.78 is 7.09. The Hall–Kier alpha value is -2.60. The molecule has 6 nitrogen and oxygen atoms in total. The molecule has 0 saturated heterocycles. The van der Waals surface area contributed by atoms with Crippen molar-refractivity contribution in [1.82, 2.24) is 14.8 Å². The van der Waals surface area contributed by atoms with Gasteiger partial charge < -0.3 is 14.8 Å². The maximum Gasteiger partial charge on any atom is 0.125 e. The first-order valence-corrected chi connectivity index (χ1v) is 7.14. The third-order valence-corrected chi connectivity index (χ3v) is 3.42. The number of anilines is 1. The second kappa shape index (κ2) is 6.44. The number of nitrogens with zero attached hydrogens (tertiary/aromatic N) is 3. The molecule has 0 atom stereocenters. The Morgan fingerprint density at radius 1 is 1.36 bits per heavy atom. The van der Waals surface area contributed by atoms with Gasteiger partial charge in [0.25, 0.3) is 0 Å². The topological polar surface area (TPSA) is 76.1 Å². The maximum absolute atomic E-state index is 9.21. The van der Waals surface area contributed by atoms with Gasteiger partial charge in [0.1, 0.15) is 11.6 Å². The van der Waals surface area contributed by atoms with Gasteiger partial charge in [0, 0.05) is 30.6 Å². The lowest BCUT2D eigenvalue weighted by Gasteiger charge is -2.08. The molecule has 114 valence electrons. The Balaban J connectivity index is 1.83. The van der Waals surface area contributed by atoms with E-state index in [1.165, 1.54) is 0 Å². The van der Waals surface area contributed by atoms with Gasteiger partial charge in [-0.15, -0.1) is 0 Å². The number of nitrogens with one attached hydrogen (secondary N) is 1. The molecule has 0 saturated carbocycles. The summed E-state index contributed by atoms with van der Waals surface area (Å²) in [6.45, 7) is 3.03. The minimum atomic E-state index is 0.0348. The minimum Gasteiger partial charge on any atom is -0.469 e. The smallest absolute Gasteiger partial charge is 0.125 e. The summed E-state index contributed by atoms with van der Waals surface area (Å²) in [6, 6.07) is 7.77. The van der Waals surface area contributed by atoms with Gasteiger partial charge in [-0.25, -0.2) is 4.68 Å². The second-order valence-corrected chi connectivity index (χ2v) is 4.97. The van der Waals surface area contributed by atoms with Gasteiger partial charge in [-0.3, -0.25) is 4.98 Å². The highest BCUT2D eigenvalue weighted by molar-refractivity contribution is 5.64. The molecule has 0 aliphatic heterocycles. The average Bonchev–Trinajstić information content (AvgIpc) is 3.13.